The summed E-state index contributed by atoms with van der Waals surface area (Å²) in [6.45, 7) is 8.35. The molecule has 0 aromatic carbocycles. The Balaban J connectivity index is 1.46. The number of nitrogens with zero attached hydrogens (tertiary/aromatic N) is 7. The average Bonchev–Trinajstić information content (AvgIpc) is 3.16. The number of fused-ring (bicyclic) bond motifs is 1. The number of anilines is 2. The molecule has 1 aliphatic heterocycles. The molecule has 1 fully saturated rings. The molecule has 3 aromatic rings. The highest BCUT2D eigenvalue weighted by Crippen LogP contribution is 2.24. The van der Waals surface area contributed by atoms with E-state index in [1.54, 1.807) is 17.2 Å². The Morgan fingerprint density at radius 1 is 1.10 bits per heavy atom. The number of piperazine rings is 1. The Kier molecular flexibility index (Phi) is 5.55. The molecule has 0 aliphatic carbocycles. The SMILES string of the molecule is CC(C)CNC(=O)Cn1ncc2c(N3CCN(c4ccccn4)CC3)ncnc21. The third-order valence-corrected chi connectivity index (χ3v) is 4.97. The zero-order chi connectivity index (χ0) is 20.2. The smallest absolute Gasteiger partial charge is 0.241 e. The largest absolute Gasteiger partial charge is 0.354 e. The maximum absolute atomic E-state index is 12.2. The van der Waals surface area contributed by atoms with Crippen LogP contribution in [0.1, 0.15) is 13.8 Å². The molecule has 9 nitrogen and oxygen atoms in total. The van der Waals surface area contributed by atoms with Gasteiger partial charge in [-0.3, -0.25) is 4.79 Å². The number of carbonyl (C=O) groups is 1. The molecule has 1 N–H and O–H groups in total. The zero-order valence-corrected chi connectivity index (χ0v) is 16.8. The number of carbonyl (C=O) groups excluding carboxylic acids is 1. The third kappa shape index (κ3) is 4.28. The summed E-state index contributed by atoms with van der Waals surface area (Å²) >= 11 is 0. The molecule has 29 heavy (non-hydrogen) atoms. The van der Waals surface area contributed by atoms with Gasteiger partial charge in [0.2, 0.25) is 5.91 Å². The van der Waals surface area contributed by atoms with Crippen LogP contribution < -0.4 is 15.1 Å². The number of amides is 1. The molecule has 0 bridgehead atoms. The van der Waals surface area contributed by atoms with E-state index in [0.29, 0.717) is 18.1 Å². The van der Waals surface area contributed by atoms with Crippen LogP contribution >= 0.6 is 0 Å². The van der Waals surface area contributed by atoms with E-state index in [1.165, 1.54) is 0 Å². The van der Waals surface area contributed by atoms with Crippen molar-refractivity contribution in [3.05, 3.63) is 36.9 Å². The lowest BCUT2D eigenvalue weighted by molar-refractivity contribution is -0.121. The maximum Gasteiger partial charge on any atom is 0.241 e. The first-order valence-corrected chi connectivity index (χ1v) is 9.96. The summed E-state index contributed by atoms with van der Waals surface area (Å²) in [7, 11) is 0. The van der Waals surface area contributed by atoms with E-state index < -0.39 is 0 Å². The normalized spacial score (nSPS) is 14.6. The molecule has 0 unspecified atom stereocenters. The Hall–Kier alpha value is -3.23. The summed E-state index contributed by atoms with van der Waals surface area (Å²) in [6, 6.07) is 5.97. The number of nitrogens with one attached hydrogen (secondary N) is 1. The molecule has 4 rings (SSSR count). The number of pyridine rings is 1. The van der Waals surface area contributed by atoms with Gasteiger partial charge in [-0.25, -0.2) is 19.6 Å². The molecular weight excluding hydrogens is 368 g/mol. The predicted octanol–water partition coefficient (Wildman–Crippen LogP) is 1.32. The van der Waals surface area contributed by atoms with E-state index in [0.717, 1.165) is 43.2 Å². The lowest BCUT2D eigenvalue weighted by Gasteiger charge is -2.36. The van der Waals surface area contributed by atoms with Crippen molar-refractivity contribution in [2.45, 2.75) is 20.4 Å². The van der Waals surface area contributed by atoms with Gasteiger partial charge in [-0.05, 0) is 18.1 Å². The van der Waals surface area contributed by atoms with Gasteiger partial charge in [0.25, 0.3) is 0 Å². The molecule has 0 radical (unpaired) electrons. The minimum absolute atomic E-state index is 0.0622. The second-order valence-electron chi connectivity index (χ2n) is 7.60. The minimum atomic E-state index is -0.0622. The standard InChI is InChI=1S/C20H26N8O/c1-15(2)11-22-18(29)13-28-20-16(12-25-28)19(23-14-24-20)27-9-7-26(8-10-27)17-5-3-4-6-21-17/h3-6,12,14-15H,7-11,13H2,1-2H3,(H,22,29). The van der Waals surface area contributed by atoms with Gasteiger partial charge in [-0.2, -0.15) is 5.10 Å². The number of hydrogen-bond acceptors (Lipinski definition) is 7. The second-order valence-corrected chi connectivity index (χ2v) is 7.60. The highest BCUT2D eigenvalue weighted by Gasteiger charge is 2.22. The molecule has 0 spiro atoms. The molecule has 1 amide bonds. The number of aromatic nitrogens is 5. The fourth-order valence-electron chi connectivity index (χ4n) is 3.45. The lowest BCUT2D eigenvalue weighted by atomic mass is 10.2. The summed E-state index contributed by atoms with van der Waals surface area (Å²) in [4.78, 5) is 30.0. The van der Waals surface area contributed by atoms with Crippen molar-refractivity contribution in [1.29, 1.82) is 0 Å². The summed E-state index contributed by atoms with van der Waals surface area (Å²) in [5, 5.41) is 8.18. The van der Waals surface area contributed by atoms with Crippen molar-refractivity contribution in [3.63, 3.8) is 0 Å². The molecule has 1 aliphatic rings. The van der Waals surface area contributed by atoms with Gasteiger partial charge in [0.05, 0.1) is 11.6 Å². The summed E-state index contributed by atoms with van der Waals surface area (Å²) in [6.07, 6.45) is 5.12. The van der Waals surface area contributed by atoms with Gasteiger partial charge in [0, 0.05) is 38.9 Å². The molecule has 3 aromatic heterocycles. The predicted molar refractivity (Wildman–Crippen MR) is 112 cm³/mol. The maximum atomic E-state index is 12.2. The molecule has 1 saturated heterocycles. The van der Waals surface area contributed by atoms with Gasteiger partial charge in [-0.15, -0.1) is 0 Å². The summed E-state index contributed by atoms with van der Waals surface area (Å²) in [5.41, 5.74) is 0.682. The lowest BCUT2D eigenvalue weighted by Crippen LogP contribution is -2.47. The van der Waals surface area contributed by atoms with E-state index >= 15 is 0 Å². The fraction of sp³-hybridized carbons (Fsp3) is 0.450. The van der Waals surface area contributed by atoms with Crippen LogP contribution in [0.3, 0.4) is 0 Å². The first-order valence-electron chi connectivity index (χ1n) is 9.96. The van der Waals surface area contributed by atoms with Crippen LogP contribution in [0.4, 0.5) is 11.6 Å². The van der Waals surface area contributed by atoms with Gasteiger partial charge < -0.3 is 15.1 Å². The summed E-state index contributed by atoms with van der Waals surface area (Å²) in [5.74, 6) is 2.21. The Morgan fingerprint density at radius 2 is 1.90 bits per heavy atom. The van der Waals surface area contributed by atoms with Gasteiger partial charge in [0.15, 0.2) is 5.65 Å². The van der Waals surface area contributed by atoms with Crippen molar-refractivity contribution < 1.29 is 4.79 Å². The third-order valence-electron chi connectivity index (χ3n) is 4.97. The van der Waals surface area contributed by atoms with Crippen molar-refractivity contribution in [2.75, 3.05) is 42.5 Å². The van der Waals surface area contributed by atoms with Gasteiger partial charge in [0.1, 0.15) is 24.5 Å². The van der Waals surface area contributed by atoms with Crippen molar-refractivity contribution in [2.24, 2.45) is 5.92 Å². The highest BCUT2D eigenvalue weighted by molar-refractivity contribution is 5.88. The van der Waals surface area contributed by atoms with Crippen molar-refractivity contribution in [1.82, 2.24) is 30.0 Å². The van der Waals surface area contributed by atoms with E-state index in [1.807, 2.05) is 24.4 Å². The van der Waals surface area contributed by atoms with E-state index in [2.05, 4.69) is 49.0 Å². The molecule has 0 atom stereocenters. The Morgan fingerprint density at radius 3 is 2.62 bits per heavy atom. The van der Waals surface area contributed by atoms with Crippen LogP contribution in [-0.2, 0) is 11.3 Å². The summed E-state index contributed by atoms with van der Waals surface area (Å²) < 4.78 is 1.64. The van der Waals surface area contributed by atoms with Crippen LogP contribution in [-0.4, -0.2) is 63.4 Å². The highest BCUT2D eigenvalue weighted by atomic mass is 16.2. The van der Waals surface area contributed by atoms with Crippen molar-refractivity contribution >= 4 is 28.6 Å². The van der Waals surface area contributed by atoms with Crippen LogP contribution in [0.2, 0.25) is 0 Å². The van der Waals surface area contributed by atoms with Gasteiger partial charge in [-0.1, -0.05) is 19.9 Å². The molecule has 9 heteroatoms. The fourth-order valence-corrected chi connectivity index (χ4v) is 3.45. The molecular formula is C20H26N8O. The quantitative estimate of drug-likeness (QED) is 0.674. The van der Waals surface area contributed by atoms with Crippen LogP contribution in [0.5, 0.6) is 0 Å². The minimum Gasteiger partial charge on any atom is -0.354 e. The second kappa shape index (κ2) is 8.42. The topological polar surface area (TPSA) is 92.1 Å². The Bertz CT molecular complexity index is 963. The first kappa shape index (κ1) is 19.1. The average molecular weight is 394 g/mol. The Labute approximate surface area is 169 Å². The van der Waals surface area contributed by atoms with Crippen LogP contribution in [0, 0.1) is 5.92 Å². The molecule has 0 saturated carbocycles. The molecule has 152 valence electrons. The van der Waals surface area contributed by atoms with E-state index in [9.17, 15) is 4.79 Å². The van der Waals surface area contributed by atoms with Crippen molar-refractivity contribution in [3.8, 4) is 0 Å². The monoisotopic (exact) mass is 394 g/mol. The van der Waals surface area contributed by atoms with Crippen LogP contribution in [0.15, 0.2) is 36.9 Å². The van der Waals surface area contributed by atoms with E-state index in [-0.39, 0.29) is 12.5 Å². The molecule has 4 heterocycles. The van der Waals surface area contributed by atoms with E-state index in [4.69, 9.17) is 0 Å². The number of hydrogen-bond donors (Lipinski definition) is 1. The van der Waals surface area contributed by atoms with Crippen LogP contribution in [0.25, 0.3) is 11.0 Å². The number of rotatable bonds is 6. The first-order chi connectivity index (χ1) is 14.1. The van der Waals surface area contributed by atoms with Gasteiger partial charge >= 0.3 is 0 Å². The zero-order valence-electron chi connectivity index (χ0n) is 16.8.